The third-order valence-electron chi connectivity index (χ3n) is 2.39. The lowest BCUT2D eigenvalue weighted by atomic mass is 10.1. The fraction of sp³-hybridized carbons (Fsp3) is 0.0714. The van der Waals surface area contributed by atoms with Gasteiger partial charge in [0.25, 0.3) is 0 Å². The summed E-state index contributed by atoms with van der Waals surface area (Å²) in [6.07, 6.45) is 0. The quantitative estimate of drug-likeness (QED) is 0.761. The Morgan fingerprint density at radius 3 is 2.50 bits per heavy atom. The summed E-state index contributed by atoms with van der Waals surface area (Å²) in [5.74, 6) is 0.234. The molecule has 2 aromatic rings. The van der Waals surface area contributed by atoms with E-state index in [0.717, 1.165) is 9.37 Å². The van der Waals surface area contributed by atoms with Gasteiger partial charge in [-0.25, -0.2) is 4.39 Å². The molecule has 1 nitrogen and oxygen atoms in total. The van der Waals surface area contributed by atoms with Crippen molar-refractivity contribution in [3.8, 4) is 6.07 Å². The molecule has 0 bridgehead atoms. The van der Waals surface area contributed by atoms with Crippen molar-refractivity contribution in [3.05, 3.63) is 63.9 Å². The first kappa shape index (κ1) is 13.1. The molecule has 90 valence electrons. The predicted octanol–water partition coefficient (Wildman–Crippen LogP) is 4.75. The number of hydrogen-bond donors (Lipinski definition) is 0. The van der Waals surface area contributed by atoms with Crippen molar-refractivity contribution in [3.63, 3.8) is 0 Å². The normalized spacial score (nSPS) is 10.1. The van der Waals surface area contributed by atoms with Crippen LogP contribution >= 0.6 is 27.7 Å². The van der Waals surface area contributed by atoms with E-state index in [4.69, 9.17) is 5.26 Å². The zero-order valence-electron chi connectivity index (χ0n) is 9.36. The highest BCUT2D eigenvalue weighted by molar-refractivity contribution is 9.10. The number of nitrogens with zero attached hydrogens (tertiary/aromatic N) is 1. The molecule has 0 aliphatic heterocycles. The van der Waals surface area contributed by atoms with Gasteiger partial charge in [0.15, 0.2) is 0 Å². The van der Waals surface area contributed by atoms with E-state index in [0.29, 0.717) is 16.9 Å². The van der Waals surface area contributed by atoms with Gasteiger partial charge in [0.05, 0.1) is 11.6 Å². The molecule has 0 atom stereocenters. The van der Waals surface area contributed by atoms with E-state index in [9.17, 15) is 4.39 Å². The molecule has 0 amide bonds. The van der Waals surface area contributed by atoms with E-state index in [1.54, 1.807) is 23.9 Å². The Kier molecular flexibility index (Phi) is 4.40. The highest BCUT2D eigenvalue weighted by Crippen LogP contribution is 2.25. The van der Waals surface area contributed by atoms with Gasteiger partial charge in [0.2, 0.25) is 0 Å². The second-order valence-corrected chi connectivity index (χ2v) is 5.63. The van der Waals surface area contributed by atoms with E-state index in [2.05, 4.69) is 15.9 Å². The number of halogens is 2. The summed E-state index contributed by atoms with van der Waals surface area (Å²) in [7, 11) is 0. The molecule has 0 saturated carbocycles. The molecule has 18 heavy (non-hydrogen) atoms. The van der Waals surface area contributed by atoms with Crippen LogP contribution in [-0.4, -0.2) is 0 Å². The number of hydrogen-bond acceptors (Lipinski definition) is 2. The van der Waals surface area contributed by atoms with Crippen molar-refractivity contribution < 1.29 is 4.39 Å². The van der Waals surface area contributed by atoms with Gasteiger partial charge in [-0.2, -0.15) is 5.26 Å². The van der Waals surface area contributed by atoms with E-state index in [1.165, 1.54) is 6.07 Å². The largest absolute Gasteiger partial charge is 0.207 e. The number of rotatable bonds is 3. The Bertz CT molecular complexity index is 590. The molecule has 2 aromatic carbocycles. The van der Waals surface area contributed by atoms with Crippen LogP contribution in [0.4, 0.5) is 4.39 Å². The minimum Gasteiger partial charge on any atom is -0.207 e. The van der Waals surface area contributed by atoms with Crippen LogP contribution in [0.2, 0.25) is 0 Å². The van der Waals surface area contributed by atoms with Crippen LogP contribution in [0.3, 0.4) is 0 Å². The Morgan fingerprint density at radius 1 is 1.17 bits per heavy atom. The summed E-state index contributed by atoms with van der Waals surface area (Å²) in [4.78, 5) is 1.09. The highest BCUT2D eigenvalue weighted by atomic mass is 79.9. The minimum atomic E-state index is -0.321. The third kappa shape index (κ3) is 3.34. The Hall–Kier alpha value is -1.31. The fourth-order valence-electron chi connectivity index (χ4n) is 1.43. The van der Waals surface area contributed by atoms with Crippen LogP contribution in [0.25, 0.3) is 0 Å². The summed E-state index contributed by atoms with van der Waals surface area (Å²) in [6, 6.07) is 14.4. The zero-order chi connectivity index (χ0) is 13.0. The molecule has 0 fully saturated rings. The Balaban J connectivity index is 2.06. The van der Waals surface area contributed by atoms with Gasteiger partial charge in [-0.15, -0.1) is 11.8 Å². The summed E-state index contributed by atoms with van der Waals surface area (Å²) >= 11 is 4.94. The van der Waals surface area contributed by atoms with Crippen molar-refractivity contribution in [2.75, 3.05) is 0 Å². The van der Waals surface area contributed by atoms with Crippen molar-refractivity contribution in [2.24, 2.45) is 0 Å². The number of benzene rings is 2. The van der Waals surface area contributed by atoms with Gasteiger partial charge in [-0.1, -0.05) is 22.0 Å². The average molecular weight is 322 g/mol. The molecule has 0 heterocycles. The first-order valence-electron chi connectivity index (χ1n) is 5.26. The SMILES string of the molecule is N#Cc1ccc(CSc2ccc(Br)cc2)c(F)c1. The van der Waals surface area contributed by atoms with Crippen molar-refractivity contribution >= 4 is 27.7 Å². The lowest BCUT2D eigenvalue weighted by molar-refractivity contribution is 0.617. The molecule has 0 radical (unpaired) electrons. The van der Waals surface area contributed by atoms with Gasteiger partial charge < -0.3 is 0 Å². The smallest absolute Gasteiger partial charge is 0.128 e. The van der Waals surface area contributed by atoms with Crippen molar-refractivity contribution in [2.45, 2.75) is 10.6 Å². The van der Waals surface area contributed by atoms with E-state index in [-0.39, 0.29) is 5.82 Å². The van der Waals surface area contributed by atoms with Crippen LogP contribution in [0.1, 0.15) is 11.1 Å². The molecule has 2 rings (SSSR count). The molecular formula is C14H9BrFNS. The van der Waals surface area contributed by atoms with Gasteiger partial charge in [0, 0.05) is 15.1 Å². The Labute approximate surface area is 118 Å². The van der Waals surface area contributed by atoms with Crippen LogP contribution in [0.15, 0.2) is 51.8 Å². The monoisotopic (exact) mass is 321 g/mol. The Morgan fingerprint density at radius 2 is 1.89 bits per heavy atom. The maximum atomic E-state index is 13.6. The topological polar surface area (TPSA) is 23.8 Å². The second kappa shape index (κ2) is 6.03. The maximum absolute atomic E-state index is 13.6. The summed E-state index contributed by atoms with van der Waals surface area (Å²) < 4.78 is 14.7. The maximum Gasteiger partial charge on any atom is 0.128 e. The van der Waals surface area contributed by atoms with E-state index in [1.807, 2.05) is 30.3 Å². The third-order valence-corrected chi connectivity index (χ3v) is 3.98. The molecule has 0 aliphatic carbocycles. The van der Waals surface area contributed by atoms with Gasteiger partial charge >= 0.3 is 0 Å². The average Bonchev–Trinajstić information content (AvgIpc) is 2.39. The molecule has 0 N–H and O–H groups in total. The first-order valence-corrected chi connectivity index (χ1v) is 7.04. The number of thioether (sulfide) groups is 1. The minimum absolute atomic E-state index is 0.321. The van der Waals surface area contributed by atoms with Crippen LogP contribution in [-0.2, 0) is 5.75 Å². The fourth-order valence-corrected chi connectivity index (χ4v) is 2.57. The molecule has 0 saturated heterocycles. The standard InChI is InChI=1S/C14H9BrFNS/c15-12-3-5-13(6-4-12)18-9-11-2-1-10(8-17)7-14(11)16/h1-7H,9H2. The lowest BCUT2D eigenvalue weighted by Crippen LogP contribution is -1.89. The van der Waals surface area contributed by atoms with E-state index < -0.39 is 0 Å². The summed E-state index contributed by atoms with van der Waals surface area (Å²) in [6.45, 7) is 0. The zero-order valence-corrected chi connectivity index (χ0v) is 11.8. The molecular weight excluding hydrogens is 313 g/mol. The van der Waals surface area contributed by atoms with Gasteiger partial charge in [-0.3, -0.25) is 0 Å². The summed E-state index contributed by atoms with van der Waals surface area (Å²) in [5, 5.41) is 8.66. The van der Waals surface area contributed by atoms with Gasteiger partial charge in [0.1, 0.15) is 5.82 Å². The van der Waals surface area contributed by atoms with Crippen molar-refractivity contribution in [1.29, 1.82) is 5.26 Å². The molecule has 0 spiro atoms. The summed E-state index contributed by atoms with van der Waals surface area (Å²) in [5.41, 5.74) is 0.965. The first-order chi connectivity index (χ1) is 8.69. The molecule has 0 unspecified atom stereocenters. The van der Waals surface area contributed by atoms with Crippen LogP contribution < -0.4 is 0 Å². The van der Waals surface area contributed by atoms with Crippen molar-refractivity contribution in [1.82, 2.24) is 0 Å². The van der Waals surface area contributed by atoms with E-state index >= 15 is 0 Å². The van der Waals surface area contributed by atoms with Crippen LogP contribution in [0, 0.1) is 17.1 Å². The highest BCUT2D eigenvalue weighted by Gasteiger charge is 2.04. The lowest BCUT2D eigenvalue weighted by Gasteiger charge is -2.04. The molecule has 0 aliphatic rings. The number of nitriles is 1. The molecule has 4 heteroatoms. The van der Waals surface area contributed by atoms with Crippen LogP contribution in [0.5, 0.6) is 0 Å². The van der Waals surface area contributed by atoms with Gasteiger partial charge in [-0.05, 0) is 42.0 Å². The second-order valence-electron chi connectivity index (χ2n) is 3.66. The predicted molar refractivity (Wildman–Crippen MR) is 74.8 cm³/mol. The molecule has 0 aromatic heterocycles.